The predicted octanol–water partition coefficient (Wildman–Crippen LogP) is 1.76. The summed E-state index contributed by atoms with van der Waals surface area (Å²) in [7, 11) is 0. The summed E-state index contributed by atoms with van der Waals surface area (Å²) in [6.07, 6.45) is 0. The number of nitrogens with zero attached hydrogens (tertiary/aromatic N) is 2. The quantitative estimate of drug-likeness (QED) is 0.772. The molecule has 2 heterocycles. The average molecular weight is 217 g/mol. The summed E-state index contributed by atoms with van der Waals surface area (Å²) < 4.78 is 5.06. The summed E-state index contributed by atoms with van der Waals surface area (Å²) in [5.41, 5.74) is 0.973. The molecule has 1 aliphatic heterocycles. The largest absolute Gasteiger partial charge is 0.379 e. The van der Waals surface area contributed by atoms with Crippen molar-refractivity contribution in [2.75, 3.05) is 13.2 Å². The van der Waals surface area contributed by atoms with E-state index in [0.717, 1.165) is 24.7 Å². The molecule has 0 aliphatic carbocycles. The van der Waals surface area contributed by atoms with E-state index in [1.807, 2.05) is 17.8 Å². The third kappa shape index (κ3) is 2.56. The second-order valence-electron chi connectivity index (χ2n) is 2.82. The minimum Gasteiger partial charge on any atom is -0.379 e. The molecule has 1 aliphatic rings. The third-order valence-electron chi connectivity index (χ3n) is 1.76. The van der Waals surface area contributed by atoms with Crippen molar-refractivity contribution in [1.82, 2.24) is 10.2 Å². The second kappa shape index (κ2) is 4.26. The Hall–Kier alpha value is -0.320. The Morgan fingerprint density at radius 2 is 2.31 bits per heavy atom. The van der Waals surface area contributed by atoms with Crippen LogP contribution in [0.4, 0.5) is 0 Å². The molecule has 0 unspecified atom stereocenters. The molecule has 13 heavy (non-hydrogen) atoms. The number of hydrogen-bond acceptors (Lipinski definition) is 4. The van der Waals surface area contributed by atoms with E-state index < -0.39 is 0 Å². The summed E-state index contributed by atoms with van der Waals surface area (Å²) in [5, 5.41) is 8.82. The van der Waals surface area contributed by atoms with E-state index in [2.05, 4.69) is 10.2 Å². The number of rotatable bonds is 3. The van der Waals surface area contributed by atoms with Gasteiger partial charge in [-0.05, 0) is 12.1 Å². The van der Waals surface area contributed by atoms with Crippen molar-refractivity contribution in [1.29, 1.82) is 0 Å². The van der Waals surface area contributed by atoms with E-state index in [1.54, 1.807) is 6.07 Å². The maximum atomic E-state index is 5.61. The predicted molar refractivity (Wildman–Crippen MR) is 52.9 cm³/mol. The van der Waals surface area contributed by atoms with E-state index >= 15 is 0 Å². The molecule has 70 valence electrons. The summed E-state index contributed by atoms with van der Waals surface area (Å²) in [6, 6.07) is 3.67. The number of aromatic nitrogens is 2. The molecule has 0 radical (unpaired) electrons. The van der Waals surface area contributed by atoms with Gasteiger partial charge in [0.05, 0.1) is 24.2 Å². The molecule has 2 rings (SSSR count). The van der Waals surface area contributed by atoms with E-state index in [4.69, 9.17) is 16.3 Å². The highest BCUT2D eigenvalue weighted by atomic mass is 35.5. The first-order valence-electron chi connectivity index (χ1n) is 4.02. The van der Waals surface area contributed by atoms with Gasteiger partial charge in [0, 0.05) is 5.75 Å². The Kier molecular flexibility index (Phi) is 3.03. The minimum absolute atomic E-state index is 0.445. The fourth-order valence-corrected chi connectivity index (χ4v) is 1.98. The van der Waals surface area contributed by atoms with Crippen LogP contribution in [-0.2, 0) is 10.5 Å². The van der Waals surface area contributed by atoms with Gasteiger partial charge in [0.15, 0.2) is 5.15 Å². The topological polar surface area (TPSA) is 35.0 Å². The van der Waals surface area contributed by atoms with Gasteiger partial charge >= 0.3 is 0 Å². The molecule has 1 aromatic heterocycles. The fraction of sp³-hybridized carbons (Fsp3) is 0.500. The van der Waals surface area contributed by atoms with Gasteiger partial charge in [-0.2, -0.15) is 5.10 Å². The number of ether oxygens (including phenoxy) is 1. The number of halogens is 1. The van der Waals surface area contributed by atoms with E-state index in [9.17, 15) is 0 Å². The van der Waals surface area contributed by atoms with Gasteiger partial charge in [-0.1, -0.05) is 11.6 Å². The molecule has 1 saturated heterocycles. The zero-order valence-electron chi connectivity index (χ0n) is 6.94. The second-order valence-corrected chi connectivity index (χ2v) is 4.49. The van der Waals surface area contributed by atoms with Gasteiger partial charge in [-0.15, -0.1) is 16.9 Å². The molecule has 0 aromatic carbocycles. The lowest BCUT2D eigenvalue weighted by Crippen LogP contribution is -2.30. The standard InChI is InChI=1S/C8H9ClN2OS/c9-8-2-1-6(10-11-8)5-13-7-3-12-4-7/h1-2,7H,3-5H2. The van der Waals surface area contributed by atoms with Crippen molar-refractivity contribution in [3.63, 3.8) is 0 Å². The Bertz CT molecular complexity index is 276. The monoisotopic (exact) mass is 216 g/mol. The van der Waals surface area contributed by atoms with Crippen molar-refractivity contribution in [2.45, 2.75) is 11.0 Å². The first-order valence-corrected chi connectivity index (χ1v) is 5.45. The van der Waals surface area contributed by atoms with Crippen LogP contribution in [0.3, 0.4) is 0 Å². The van der Waals surface area contributed by atoms with Crippen molar-refractivity contribution in [3.05, 3.63) is 23.0 Å². The normalized spacial score (nSPS) is 17.0. The lowest BCUT2D eigenvalue weighted by Gasteiger charge is -2.24. The highest BCUT2D eigenvalue weighted by Crippen LogP contribution is 2.22. The van der Waals surface area contributed by atoms with Gasteiger partial charge in [0.2, 0.25) is 0 Å². The average Bonchev–Trinajstić information content (AvgIpc) is 2.05. The maximum absolute atomic E-state index is 5.61. The lowest BCUT2D eigenvalue weighted by atomic mass is 10.4. The van der Waals surface area contributed by atoms with E-state index in [1.165, 1.54) is 0 Å². The molecule has 0 amide bonds. The molecule has 0 saturated carbocycles. The van der Waals surface area contributed by atoms with Crippen molar-refractivity contribution in [2.24, 2.45) is 0 Å². The summed E-state index contributed by atoms with van der Waals surface area (Å²) >= 11 is 7.46. The first kappa shape index (κ1) is 9.24. The van der Waals surface area contributed by atoms with Crippen molar-refractivity contribution >= 4 is 23.4 Å². The summed E-state index contributed by atoms with van der Waals surface area (Å²) in [5.74, 6) is 0.887. The zero-order valence-corrected chi connectivity index (χ0v) is 8.51. The minimum atomic E-state index is 0.445. The molecule has 0 atom stereocenters. The van der Waals surface area contributed by atoms with Crippen LogP contribution in [0.2, 0.25) is 5.15 Å². The van der Waals surface area contributed by atoms with Crippen LogP contribution in [0.5, 0.6) is 0 Å². The van der Waals surface area contributed by atoms with Crippen molar-refractivity contribution in [3.8, 4) is 0 Å². The Morgan fingerprint density at radius 3 is 2.85 bits per heavy atom. The van der Waals surface area contributed by atoms with Gasteiger partial charge < -0.3 is 4.74 Å². The summed E-state index contributed by atoms with van der Waals surface area (Å²) in [6.45, 7) is 1.73. The van der Waals surface area contributed by atoms with Gasteiger partial charge in [-0.25, -0.2) is 0 Å². The van der Waals surface area contributed by atoms with Crippen LogP contribution in [-0.4, -0.2) is 28.7 Å². The van der Waals surface area contributed by atoms with Gasteiger partial charge in [0.1, 0.15) is 0 Å². The van der Waals surface area contributed by atoms with Crippen LogP contribution in [0.25, 0.3) is 0 Å². The van der Waals surface area contributed by atoms with Crippen LogP contribution >= 0.6 is 23.4 Å². The van der Waals surface area contributed by atoms with Crippen LogP contribution in [0, 0.1) is 0 Å². The van der Waals surface area contributed by atoms with Gasteiger partial charge in [0.25, 0.3) is 0 Å². The maximum Gasteiger partial charge on any atom is 0.151 e. The Labute approximate surface area is 85.8 Å². The molecule has 1 aromatic rings. The highest BCUT2D eigenvalue weighted by Gasteiger charge is 2.18. The molecule has 0 bridgehead atoms. The number of thioether (sulfide) groups is 1. The molecular formula is C8H9ClN2OS. The molecule has 3 nitrogen and oxygen atoms in total. The molecule has 0 spiro atoms. The molecule has 1 fully saturated rings. The SMILES string of the molecule is Clc1ccc(CSC2COC2)nn1. The van der Waals surface area contributed by atoms with E-state index in [0.29, 0.717) is 10.4 Å². The smallest absolute Gasteiger partial charge is 0.151 e. The van der Waals surface area contributed by atoms with Crippen LogP contribution < -0.4 is 0 Å². The van der Waals surface area contributed by atoms with Crippen LogP contribution in [0.1, 0.15) is 5.69 Å². The third-order valence-corrected chi connectivity index (χ3v) is 3.17. The van der Waals surface area contributed by atoms with E-state index in [-0.39, 0.29) is 0 Å². The molecule has 5 heteroatoms. The molecular weight excluding hydrogens is 208 g/mol. The lowest BCUT2D eigenvalue weighted by molar-refractivity contribution is 0.0455. The van der Waals surface area contributed by atoms with Crippen molar-refractivity contribution < 1.29 is 4.74 Å². The number of hydrogen-bond donors (Lipinski definition) is 0. The molecule has 0 N–H and O–H groups in total. The Balaban J connectivity index is 1.83. The summed E-state index contributed by atoms with van der Waals surface area (Å²) in [4.78, 5) is 0. The Morgan fingerprint density at radius 1 is 1.46 bits per heavy atom. The van der Waals surface area contributed by atoms with Crippen LogP contribution in [0.15, 0.2) is 12.1 Å². The van der Waals surface area contributed by atoms with Gasteiger partial charge in [-0.3, -0.25) is 0 Å². The first-order chi connectivity index (χ1) is 6.34. The zero-order chi connectivity index (χ0) is 9.10. The fourth-order valence-electron chi connectivity index (χ4n) is 0.934. The highest BCUT2D eigenvalue weighted by molar-refractivity contribution is 7.99.